The maximum atomic E-state index is 3.80. The SMILES string of the molecule is C1=CCCC(C2=c3ccccc3=C(C3=CC=CCC3)C3c4ccc(C5=CN6C=CC=CC6N5)c5c4C(=CCC5)C23)=C1. The Labute approximate surface area is 242 Å². The molecule has 200 valence electrons. The summed E-state index contributed by atoms with van der Waals surface area (Å²) >= 11 is 0. The van der Waals surface area contributed by atoms with Crippen molar-refractivity contribution in [1.82, 2.24) is 10.2 Å². The highest BCUT2D eigenvalue weighted by Gasteiger charge is 2.46. The number of hydrogen-bond donors (Lipinski definition) is 1. The van der Waals surface area contributed by atoms with E-state index >= 15 is 0 Å². The lowest BCUT2D eigenvalue weighted by Crippen LogP contribution is -2.39. The van der Waals surface area contributed by atoms with Crippen LogP contribution in [0, 0.1) is 5.92 Å². The molecule has 5 aliphatic carbocycles. The van der Waals surface area contributed by atoms with Gasteiger partial charge in [0.25, 0.3) is 0 Å². The fourth-order valence-corrected chi connectivity index (χ4v) is 8.47. The lowest BCUT2D eigenvalue weighted by Gasteiger charge is -2.34. The van der Waals surface area contributed by atoms with Crippen LogP contribution in [0.5, 0.6) is 0 Å². The number of allylic oxidation sites excluding steroid dienone is 12. The van der Waals surface area contributed by atoms with E-state index in [2.05, 4.69) is 120 Å². The minimum atomic E-state index is 0.212. The number of rotatable bonds is 3. The van der Waals surface area contributed by atoms with Gasteiger partial charge in [-0.25, -0.2) is 0 Å². The molecule has 0 saturated carbocycles. The Bertz CT molecular complexity index is 1880. The van der Waals surface area contributed by atoms with E-state index in [1.54, 1.807) is 33.4 Å². The zero-order valence-electron chi connectivity index (χ0n) is 23.3. The second-order valence-corrected chi connectivity index (χ2v) is 12.2. The van der Waals surface area contributed by atoms with Crippen molar-refractivity contribution >= 4 is 22.4 Å². The molecule has 41 heavy (non-hydrogen) atoms. The zero-order chi connectivity index (χ0) is 26.9. The van der Waals surface area contributed by atoms with E-state index in [1.165, 1.54) is 32.8 Å². The molecule has 9 rings (SSSR count). The summed E-state index contributed by atoms with van der Waals surface area (Å²) in [4.78, 5) is 2.29. The molecule has 0 radical (unpaired) electrons. The molecule has 2 heteroatoms. The van der Waals surface area contributed by atoms with Crippen molar-refractivity contribution in [2.24, 2.45) is 5.92 Å². The van der Waals surface area contributed by atoms with Crippen LogP contribution in [0.2, 0.25) is 0 Å². The third-order valence-electron chi connectivity index (χ3n) is 10.1. The summed E-state index contributed by atoms with van der Waals surface area (Å²) in [6.07, 6.45) is 34.5. The second kappa shape index (κ2) is 9.11. The van der Waals surface area contributed by atoms with Crippen LogP contribution in [0.3, 0.4) is 0 Å². The molecule has 2 heterocycles. The highest BCUT2D eigenvalue weighted by atomic mass is 15.3. The van der Waals surface area contributed by atoms with Gasteiger partial charge in [-0.15, -0.1) is 0 Å². The molecule has 0 fully saturated rings. The minimum Gasteiger partial charge on any atom is -0.360 e. The van der Waals surface area contributed by atoms with E-state index in [-0.39, 0.29) is 6.17 Å². The Kier molecular flexibility index (Phi) is 5.20. The summed E-state index contributed by atoms with van der Waals surface area (Å²) in [6, 6.07) is 14.2. The molecule has 2 nitrogen and oxygen atoms in total. The molecule has 2 aromatic rings. The predicted molar refractivity (Wildman–Crippen MR) is 169 cm³/mol. The smallest absolute Gasteiger partial charge is 0.122 e. The third kappa shape index (κ3) is 3.43. The summed E-state index contributed by atoms with van der Waals surface area (Å²) in [7, 11) is 0. The van der Waals surface area contributed by atoms with Crippen LogP contribution in [0.15, 0.2) is 121 Å². The highest BCUT2D eigenvalue weighted by molar-refractivity contribution is 5.98. The third-order valence-corrected chi connectivity index (χ3v) is 10.1. The first-order valence-electron chi connectivity index (χ1n) is 15.4. The summed E-state index contributed by atoms with van der Waals surface area (Å²) in [5.41, 5.74) is 15.0. The lowest BCUT2D eigenvalue weighted by atomic mass is 9.69. The van der Waals surface area contributed by atoms with Gasteiger partial charge in [0.15, 0.2) is 0 Å². The highest BCUT2D eigenvalue weighted by Crippen LogP contribution is 2.59. The van der Waals surface area contributed by atoms with E-state index in [0.717, 1.165) is 38.5 Å². The van der Waals surface area contributed by atoms with Crippen molar-refractivity contribution in [3.63, 3.8) is 0 Å². The lowest BCUT2D eigenvalue weighted by molar-refractivity contribution is 0.427. The van der Waals surface area contributed by atoms with Crippen LogP contribution in [0.1, 0.15) is 60.3 Å². The van der Waals surface area contributed by atoms with Crippen LogP contribution < -0.4 is 15.8 Å². The van der Waals surface area contributed by atoms with E-state index in [1.807, 2.05) is 0 Å². The maximum absolute atomic E-state index is 3.80. The molecular formula is C39H34N2. The Morgan fingerprint density at radius 1 is 0.732 bits per heavy atom. The molecule has 3 unspecified atom stereocenters. The van der Waals surface area contributed by atoms with Gasteiger partial charge in [-0.3, -0.25) is 0 Å². The second-order valence-electron chi connectivity index (χ2n) is 12.2. The van der Waals surface area contributed by atoms with Gasteiger partial charge in [-0.05, 0) is 106 Å². The summed E-state index contributed by atoms with van der Waals surface area (Å²) in [6.45, 7) is 0. The van der Waals surface area contributed by atoms with Crippen molar-refractivity contribution in [2.75, 3.05) is 0 Å². The van der Waals surface area contributed by atoms with Crippen LogP contribution in [-0.2, 0) is 6.42 Å². The van der Waals surface area contributed by atoms with Crippen molar-refractivity contribution in [3.05, 3.63) is 153 Å². The van der Waals surface area contributed by atoms with Gasteiger partial charge < -0.3 is 10.2 Å². The van der Waals surface area contributed by atoms with Gasteiger partial charge in [0.2, 0.25) is 0 Å². The van der Waals surface area contributed by atoms with Crippen LogP contribution >= 0.6 is 0 Å². The number of fused-ring (bicyclic) bond motifs is 5. The van der Waals surface area contributed by atoms with Crippen LogP contribution in [0.25, 0.3) is 22.4 Å². The standard InChI is InChI=1S/C39H34N2/c1-3-12-25(13-4-1)35-29-16-7-8-17-30(29)36(26-14-5-2-6-15-26)39-32-22-21-27(28-18-11-19-31(37(28)32)38(35)39)33-24-41-23-10-9-20-34(41)40-33/h1-3,5,7-10,12,14,16-17,19-24,34,38-40H,4,6,11,13,15,18H2. The molecule has 0 spiro atoms. The van der Waals surface area contributed by atoms with Gasteiger partial charge in [0.05, 0.1) is 5.70 Å². The fraction of sp³-hybridized carbons (Fsp3) is 0.231. The number of benzene rings is 2. The topological polar surface area (TPSA) is 15.3 Å². The molecule has 2 aliphatic heterocycles. The first kappa shape index (κ1) is 23.4. The average Bonchev–Trinajstić information content (AvgIpc) is 3.62. The molecule has 0 amide bonds. The largest absolute Gasteiger partial charge is 0.360 e. The Balaban J connectivity index is 1.31. The van der Waals surface area contributed by atoms with Gasteiger partial charge in [-0.2, -0.15) is 0 Å². The fourth-order valence-electron chi connectivity index (χ4n) is 8.47. The van der Waals surface area contributed by atoms with E-state index in [0.29, 0.717) is 11.8 Å². The van der Waals surface area contributed by atoms with Crippen LogP contribution in [0.4, 0.5) is 0 Å². The molecule has 0 saturated heterocycles. The Morgan fingerprint density at radius 3 is 2.20 bits per heavy atom. The molecular weight excluding hydrogens is 496 g/mol. The molecule has 3 atom stereocenters. The first-order chi connectivity index (χ1) is 20.4. The number of nitrogens with one attached hydrogen (secondary N) is 1. The molecule has 0 aromatic heterocycles. The van der Waals surface area contributed by atoms with Crippen molar-refractivity contribution in [2.45, 2.75) is 50.6 Å². The van der Waals surface area contributed by atoms with Gasteiger partial charge >= 0.3 is 0 Å². The quantitative estimate of drug-likeness (QED) is 0.464. The predicted octanol–water partition coefficient (Wildman–Crippen LogP) is 6.91. The molecule has 7 aliphatic rings. The van der Waals surface area contributed by atoms with Gasteiger partial charge in [0, 0.05) is 29.8 Å². The number of hydrogen-bond acceptors (Lipinski definition) is 2. The van der Waals surface area contributed by atoms with Crippen molar-refractivity contribution in [1.29, 1.82) is 0 Å². The Morgan fingerprint density at radius 2 is 1.49 bits per heavy atom. The Hall–Kier alpha value is -4.30. The number of nitrogens with zero attached hydrogens (tertiary/aromatic N) is 1. The summed E-state index contributed by atoms with van der Waals surface area (Å²) in [5, 5.41) is 6.71. The summed E-state index contributed by atoms with van der Waals surface area (Å²) < 4.78 is 0. The van der Waals surface area contributed by atoms with E-state index < -0.39 is 0 Å². The van der Waals surface area contributed by atoms with Crippen molar-refractivity contribution in [3.8, 4) is 0 Å². The van der Waals surface area contributed by atoms with Crippen molar-refractivity contribution < 1.29 is 0 Å². The monoisotopic (exact) mass is 530 g/mol. The summed E-state index contributed by atoms with van der Waals surface area (Å²) in [5.74, 6) is 0.732. The normalized spacial score (nSPS) is 26.4. The minimum absolute atomic E-state index is 0.212. The zero-order valence-corrected chi connectivity index (χ0v) is 23.3. The molecule has 2 aromatic carbocycles. The maximum Gasteiger partial charge on any atom is 0.122 e. The average molecular weight is 531 g/mol. The molecule has 1 N–H and O–H groups in total. The van der Waals surface area contributed by atoms with E-state index in [4.69, 9.17) is 0 Å². The van der Waals surface area contributed by atoms with Crippen LogP contribution in [-0.4, -0.2) is 11.1 Å². The van der Waals surface area contributed by atoms with Gasteiger partial charge in [-0.1, -0.05) is 85.0 Å². The van der Waals surface area contributed by atoms with Gasteiger partial charge in [0.1, 0.15) is 6.17 Å². The van der Waals surface area contributed by atoms with E-state index in [9.17, 15) is 0 Å². The molecule has 0 bridgehead atoms. The first-order valence-corrected chi connectivity index (χ1v) is 15.4.